The Balaban J connectivity index is 1.58. The van der Waals surface area contributed by atoms with Crippen LogP contribution in [0, 0.1) is 11.6 Å². The Hall–Kier alpha value is -3.38. The topological polar surface area (TPSA) is 45.3 Å². The van der Waals surface area contributed by atoms with Crippen molar-refractivity contribution in [2.45, 2.75) is 12.5 Å². The summed E-state index contributed by atoms with van der Waals surface area (Å²) >= 11 is 6.20. The largest absolute Gasteiger partial charge is 0.416 e. The second-order valence-corrected chi connectivity index (χ2v) is 7.86. The van der Waals surface area contributed by atoms with Crippen LogP contribution >= 0.6 is 11.6 Å². The zero-order chi connectivity index (χ0) is 21.5. The van der Waals surface area contributed by atoms with Gasteiger partial charge in [-0.1, -0.05) is 23.7 Å². The quantitative estimate of drug-likeness (QED) is 0.402. The fraction of sp³-hybridized carbons (Fsp3) is 0.125. The van der Waals surface area contributed by atoms with E-state index in [0.717, 1.165) is 27.7 Å². The standard InChI is InChI=1S/C24H17ClF2N2O2/c25-15-3-10-21-20(13-15)19-11-12-29(24(30)31-18-8-6-17(27)7-9-18)23(22(19)28-21)14-1-4-16(26)5-2-14/h1-10,13,23,28H,11-12H2. The van der Waals surface area contributed by atoms with Crippen LogP contribution in [0.4, 0.5) is 13.6 Å². The summed E-state index contributed by atoms with van der Waals surface area (Å²) < 4.78 is 32.3. The zero-order valence-corrected chi connectivity index (χ0v) is 17.0. The van der Waals surface area contributed by atoms with Gasteiger partial charge in [0.1, 0.15) is 23.4 Å². The highest BCUT2D eigenvalue weighted by molar-refractivity contribution is 6.31. The summed E-state index contributed by atoms with van der Waals surface area (Å²) in [4.78, 5) is 18.1. The van der Waals surface area contributed by atoms with Gasteiger partial charge in [0.25, 0.3) is 0 Å². The smallest absolute Gasteiger partial charge is 0.410 e. The van der Waals surface area contributed by atoms with Crippen LogP contribution in [0.1, 0.15) is 22.9 Å². The maximum Gasteiger partial charge on any atom is 0.416 e. The number of hydrogen-bond acceptors (Lipinski definition) is 2. The number of benzene rings is 3. The third-order valence-electron chi connectivity index (χ3n) is 5.53. The molecule has 2 heterocycles. The molecule has 31 heavy (non-hydrogen) atoms. The van der Waals surface area contributed by atoms with E-state index in [4.69, 9.17) is 16.3 Å². The molecule has 0 saturated carbocycles. The SMILES string of the molecule is O=C(Oc1ccc(F)cc1)N1CCc2c([nH]c3ccc(Cl)cc23)C1c1ccc(F)cc1. The van der Waals surface area contributed by atoms with Crippen molar-refractivity contribution in [3.8, 4) is 5.75 Å². The molecule has 1 aromatic heterocycles. The van der Waals surface area contributed by atoms with Gasteiger partial charge in [-0.25, -0.2) is 13.6 Å². The summed E-state index contributed by atoms with van der Waals surface area (Å²) in [6.45, 7) is 0.397. The predicted molar refractivity (Wildman–Crippen MR) is 114 cm³/mol. The van der Waals surface area contributed by atoms with E-state index in [2.05, 4.69) is 4.98 Å². The fourth-order valence-corrected chi connectivity index (χ4v) is 4.28. The molecule has 0 bridgehead atoms. The number of ether oxygens (including phenoxy) is 1. The first kappa shape index (κ1) is 19.6. The lowest BCUT2D eigenvalue weighted by atomic mass is 9.92. The molecule has 1 aliphatic heterocycles. The molecule has 4 aromatic rings. The molecule has 7 heteroatoms. The Bertz CT molecular complexity index is 1270. The summed E-state index contributed by atoms with van der Waals surface area (Å²) in [5, 5.41) is 1.63. The number of rotatable bonds is 2. The molecule has 5 rings (SSSR count). The number of fused-ring (bicyclic) bond motifs is 3. The highest BCUT2D eigenvalue weighted by Crippen LogP contribution is 2.39. The number of halogens is 3. The molecular formula is C24H17ClF2N2O2. The van der Waals surface area contributed by atoms with Crippen LogP contribution in [0.2, 0.25) is 5.02 Å². The Labute approximate surface area is 182 Å². The van der Waals surface area contributed by atoms with Gasteiger partial charge in [-0.05, 0) is 72.1 Å². The summed E-state index contributed by atoms with van der Waals surface area (Å²) in [5.74, 6) is -0.523. The molecule has 0 fully saturated rings. The minimum absolute atomic E-state index is 0.249. The number of amides is 1. The van der Waals surface area contributed by atoms with Gasteiger partial charge in [0.05, 0.1) is 0 Å². The molecule has 4 nitrogen and oxygen atoms in total. The third kappa shape index (κ3) is 3.64. The van der Waals surface area contributed by atoms with E-state index < -0.39 is 18.0 Å². The minimum Gasteiger partial charge on any atom is -0.410 e. The highest BCUT2D eigenvalue weighted by Gasteiger charge is 2.35. The van der Waals surface area contributed by atoms with Crippen LogP contribution in [0.15, 0.2) is 66.7 Å². The number of nitrogens with one attached hydrogen (secondary N) is 1. The van der Waals surface area contributed by atoms with E-state index in [9.17, 15) is 13.6 Å². The Morgan fingerprint density at radius 2 is 1.68 bits per heavy atom. The van der Waals surface area contributed by atoms with Crippen molar-refractivity contribution in [2.24, 2.45) is 0 Å². The number of nitrogens with zero attached hydrogens (tertiary/aromatic N) is 1. The minimum atomic E-state index is -0.566. The van der Waals surface area contributed by atoms with E-state index in [-0.39, 0.29) is 11.6 Å². The average Bonchev–Trinajstić information content (AvgIpc) is 3.13. The molecule has 156 valence electrons. The van der Waals surface area contributed by atoms with E-state index >= 15 is 0 Å². The van der Waals surface area contributed by atoms with Crippen LogP contribution in [0.5, 0.6) is 5.75 Å². The molecule has 0 aliphatic carbocycles. The van der Waals surface area contributed by atoms with Gasteiger partial charge in [0.15, 0.2) is 0 Å². The predicted octanol–water partition coefficient (Wildman–Crippen LogP) is 6.25. The highest BCUT2D eigenvalue weighted by atomic mass is 35.5. The van der Waals surface area contributed by atoms with Crippen LogP contribution < -0.4 is 4.74 Å². The molecule has 3 aromatic carbocycles. The summed E-state index contributed by atoms with van der Waals surface area (Å²) in [6.07, 6.45) is 0.0366. The fourth-order valence-electron chi connectivity index (χ4n) is 4.11. The van der Waals surface area contributed by atoms with Crippen molar-refractivity contribution in [3.05, 3.63) is 100 Å². The van der Waals surface area contributed by atoms with Gasteiger partial charge >= 0.3 is 6.09 Å². The van der Waals surface area contributed by atoms with Crippen molar-refractivity contribution in [3.63, 3.8) is 0 Å². The maximum absolute atomic E-state index is 13.6. The van der Waals surface area contributed by atoms with E-state index in [1.54, 1.807) is 23.1 Å². The summed E-state index contributed by atoms with van der Waals surface area (Å²) in [6, 6.07) is 16.4. The van der Waals surface area contributed by atoms with Gasteiger partial charge in [-0.3, -0.25) is 4.90 Å². The molecule has 1 atom stereocenters. The lowest BCUT2D eigenvalue weighted by molar-refractivity contribution is 0.135. The molecule has 0 saturated heterocycles. The zero-order valence-electron chi connectivity index (χ0n) is 16.2. The lowest BCUT2D eigenvalue weighted by Crippen LogP contribution is -2.42. The normalized spacial score (nSPS) is 15.7. The number of H-pyrrole nitrogens is 1. The Morgan fingerprint density at radius 3 is 2.39 bits per heavy atom. The first-order chi connectivity index (χ1) is 15.0. The maximum atomic E-state index is 13.6. The second-order valence-electron chi connectivity index (χ2n) is 7.43. The van der Waals surface area contributed by atoms with Crippen molar-refractivity contribution >= 4 is 28.6 Å². The van der Waals surface area contributed by atoms with Gasteiger partial charge in [0.2, 0.25) is 0 Å². The number of hydrogen-bond donors (Lipinski definition) is 1. The lowest BCUT2D eigenvalue weighted by Gasteiger charge is -2.35. The van der Waals surface area contributed by atoms with Crippen molar-refractivity contribution < 1.29 is 18.3 Å². The van der Waals surface area contributed by atoms with Gasteiger partial charge in [-0.2, -0.15) is 0 Å². The number of carbonyl (C=O) groups excluding carboxylic acids is 1. The number of carbonyl (C=O) groups is 1. The Kier molecular flexibility index (Phi) is 4.87. The van der Waals surface area contributed by atoms with Gasteiger partial charge in [-0.15, -0.1) is 0 Å². The molecule has 1 amide bonds. The Morgan fingerprint density at radius 1 is 1.00 bits per heavy atom. The molecular weight excluding hydrogens is 422 g/mol. The first-order valence-corrected chi connectivity index (χ1v) is 10.2. The van der Waals surface area contributed by atoms with E-state index in [1.165, 1.54) is 36.4 Å². The summed E-state index contributed by atoms with van der Waals surface area (Å²) in [7, 11) is 0. The first-order valence-electron chi connectivity index (χ1n) is 9.79. The van der Waals surface area contributed by atoms with Gasteiger partial charge in [0, 0.05) is 28.2 Å². The molecule has 1 N–H and O–H groups in total. The van der Waals surface area contributed by atoms with Gasteiger partial charge < -0.3 is 9.72 Å². The van der Waals surface area contributed by atoms with Crippen LogP contribution in [0.25, 0.3) is 10.9 Å². The molecule has 0 radical (unpaired) electrons. The molecule has 1 aliphatic rings. The van der Waals surface area contributed by atoms with Crippen molar-refractivity contribution in [1.82, 2.24) is 9.88 Å². The van der Waals surface area contributed by atoms with E-state index in [0.29, 0.717) is 18.0 Å². The molecule has 0 spiro atoms. The van der Waals surface area contributed by atoms with Crippen molar-refractivity contribution in [2.75, 3.05) is 6.54 Å². The van der Waals surface area contributed by atoms with Crippen LogP contribution in [0.3, 0.4) is 0 Å². The van der Waals surface area contributed by atoms with E-state index in [1.807, 2.05) is 12.1 Å². The average molecular weight is 439 g/mol. The summed E-state index contributed by atoms with van der Waals surface area (Å²) in [5.41, 5.74) is 3.56. The number of aromatic amines is 1. The van der Waals surface area contributed by atoms with Crippen molar-refractivity contribution in [1.29, 1.82) is 0 Å². The number of aromatic nitrogens is 1. The van der Waals surface area contributed by atoms with Crippen LogP contribution in [-0.2, 0) is 6.42 Å². The third-order valence-corrected chi connectivity index (χ3v) is 5.76. The monoisotopic (exact) mass is 438 g/mol. The molecule has 1 unspecified atom stereocenters. The van der Waals surface area contributed by atoms with Crippen LogP contribution in [-0.4, -0.2) is 22.5 Å². The second kappa shape index (κ2) is 7.71.